The van der Waals surface area contributed by atoms with Gasteiger partial charge in [0.2, 0.25) is 11.8 Å². The van der Waals surface area contributed by atoms with E-state index in [1.807, 2.05) is 0 Å². The zero-order valence-corrected chi connectivity index (χ0v) is 27.3. The van der Waals surface area contributed by atoms with Gasteiger partial charge in [-0.15, -0.1) is 0 Å². The first-order valence-corrected chi connectivity index (χ1v) is 17.8. The Morgan fingerprint density at radius 3 is 1.51 bits per heavy atom. The largest absolute Gasteiger partial charge is 0.462 e. The molecular formula is C37H44N2O8. The van der Waals surface area contributed by atoms with Gasteiger partial charge in [0.1, 0.15) is 12.2 Å². The average molecular weight is 645 g/mol. The van der Waals surface area contributed by atoms with Crippen LogP contribution in [0.1, 0.15) is 59.3 Å². The maximum absolute atomic E-state index is 12.6. The summed E-state index contributed by atoms with van der Waals surface area (Å²) in [7, 11) is 0. The van der Waals surface area contributed by atoms with Crippen LogP contribution in [-0.4, -0.2) is 69.7 Å². The van der Waals surface area contributed by atoms with E-state index in [-0.39, 0.29) is 71.7 Å². The Balaban J connectivity index is 0.000000129. The first-order chi connectivity index (χ1) is 22.4. The van der Waals surface area contributed by atoms with Gasteiger partial charge in [0.25, 0.3) is 11.8 Å². The van der Waals surface area contributed by atoms with Crippen molar-refractivity contribution in [2.45, 2.75) is 83.6 Å². The molecule has 10 rings (SSSR count). The first kappa shape index (κ1) is 29.8. The second-order valence-electron chi connectivity index (χ2n) is 16.6. The van der Waals surface area contributed by atoms with E-state index in [9.17, 15) is 28.8 Å². The maximum atomic E-state index is 12.6. The van der Waals surface area contributed by atoms with Gasteiger partial charge in [-0.05, 0) is 123 Å². The zero-order chi connectivity index (χ0) is 33.0. The zero-order valence-electron chi connectivity index (χ0n) is 27.3. The minimum atomic E-state index is -0.235. The quantitative estimate of drug-likeness (QED) is 0.198. The third-order valence-corrected chi connectivity index (χ3v) is 15.0. The second kappa shape index (κ2) is 9.88. The van der Waals surface area contributed by atoms with Gasteiger partial charge in [-0.25, -0.2) is 0 Å². The van der Waals surface area contributed by atoms with Crippen LogP contribution < -0.4 is 0 Å². The Bertz CT molecular complexity index is 1550. The minimum absolute atomic E-state index is 0.00217. The van der Waals surface area contributed by atoms with Crippen LogP contribution in [0.4, 0.5) is 0 Å². The van der Waals surface area contributed by atoms with E-state index in [0.717, 1.165) is 38.5 Å². The van der Waals surface area contributed by atoms with Crippen LogP contribution in [0.25, 0.3) is 0 Å². The summed E-state index contributed by atoms with van der Waals surface area (Å²) in [6.07, 6.45) is 7.69. The number of hydrogen-bond acceptors (Lipinski definition) is 8. The molecule has 0 spiro atoms. The van der Waals surface area contributed by atoms with Crippen LogP contribution in [0, 0.1) is 82.9 Å². The van der Waals surface area contributed by atoms with Crippen LogP contribution in [0.2, 0.25) is 0 Å². The van der Waals surface area contributed by atoms with Crippen molar-refractivity contribution < 1.29 is 38.2 Å². The smallest absolute Gasteiger partial charge is 0.302 e. The molecule has 18 atom stereocenters. The van der Waals surface area contributed by atoms with E-state index in [0.29, 0.717) is 76.6 Å². The van der Waals surface area contributed by atoms with Crippen molar-refractivity contribution >= 4 is 35.6 Å². The van der Waals surface area contributed by atoms with Crippen molar-refractivity contribution in [2.75, 3.05) is 0 Å². The van der Waals surface area contributed by atoms with Crippen molar-refractivity contribution in [2.24, 2.45) is 82.9 Å². The number of carbonyl (C=O) groups is 6. The molecule has 10 nitrogen and oxygen atoms in total. The summed E-state index contributed by atoms with van der Waals surface area (Å²) in [4.78, 5) is 75.0. The van der Waals surface area contributed by atoms with Crippen molar-refractivity contribution in [3.63, 3.8) is 0 Å². The molecule has 8 saturated carbocycles. The fourth-order valence-electron chi connectivity index (χ4n) is 14.4. The molecule has 47 heavy (non-hydrogen) atoms. The number of nitrogens with zero attached hydrogens (tertiary/aromatic N) is 2. The number of ether oxygens (including phenoxy) is 2. The number of carbonyl (C=O) groups excluding carboxylic acids is 6. The monoisotopic (exact) mass is 644 g/mol. The third kappa shape index (κ3) is 3.68. The van der Waals surface area contributed by atoms with E-state index >= 15 is 0 Å². The molecule has 0 aromatic rings. The van der Waals surface area contributed by atoms with Gasteiger partial charge in [-0.3, -0.25) is 38.6 Å². The number of imide groups is 2. The second-order valence-corrected chi connectivity index (χ2v) is 16.6. The lowest BCUT2D eigenvalue weighted by Gasteiger charge is -2.54. The average Bonchev–Trinajstić information content (AvgIpc) is 3.85. The van der Waals surface area contributed by atoms with E-state index < -0.39 is 0 Å². The Kier molecular flexibility index (Phi) is 6.26. The van der Waals surface area contributed by atoms with Crippen LogP contribution in [0.15, 0.2) is 24.8 Å². The summed E-state index contributed by atoms with van der Waals surface area (Å²) in [6.45, 7) is 11.9. The molecule has 8 aliphatic carbocycles. The van der Waals surface area contributed by atoms with E-state index in [1.54, 1.807) is 6.92 Å². The highest BCUT2D eigenvalue weighted by Gasteiger charge is 2.76. The summed E-state index contributed by atoms with van der Waals surface area (Å²) in [6, 6.07) is 0.227. The van der Waals surface area contributed by atoms with Gasteiger partial charge < -0.3 is 9.47 Å². The SMILES string of the molecule is C=C(C)C(=O)N1C(=O)C2C3CC(C4C5CC(OC(C)=O)C(C5)C34)C21.C=CC(=O)N1C(=O)C2C3CC(C4C5CC(OC(C)=O)C(C5)C34)C21. The Morgan fingerprint density at radius 2 is 1.09 bits per heavy atom. The van der Waals surface area contributed by atoms with Gasteiger partial charge in [-0.1, -0.05) is 13.2 Å². The third-order valence-electron chi connectivity index (χ3n) is 15.0. The minimum Gasteiger partial charge on any atom is -0.462 e. The molecular weight excluding hydrogens is 600 g/mol. The summed E-state index contributed by atoms with van der Waals surface area (Å²) in [5.41, 5.74) is 0.448. The molecule has 8 bridgehead atoms. The van der Waals surface area contributed by atoms with Crippen LogP contribution >= 0.6 is 0 Å². The summed E-state index contributed by atoms with van der Waals surface area (Å²) in [5, 5.41) is 0. The number of fused-ring (bicyclic) bond motifs is 24. The summed E-state index contributed by atoms with van der Waals surface area (Å²) in [5.74, 6) is 5.28. The normalized spacial score (nSPS) is 50.4. The molecule has 2 heterocycles. The van der Waals surface area contributed by atoms with Crippen LogP contribution in [-0.2, 0) is 38.2 Å². The van der Waals surface area contributed by atoms with Gasteiger partial charge in [0.15, 0.2) is 0 Å². The Morgan fingerprint density at radius 1 is 0.638 bits per heavy atom. The molecule has 2 aliphatic heterocycles. The summed E-state index contributed by atoms with van der Waals surface area (Å²) < 4.78 is 11.1. The standard InChI is InChI=1S/C19H23NO4.C18H21NO4/c1-7(2)18(22)20-17-12-6-11(16(17)19(20)23)15-10-4-9(14(12)15)5-13(10)24-8(3)21;1-3-13(21)19-17-11-6-10(16(17)18(19)22)15-9-4-8(14(11)15)5-12(9)23-7(2)20/h9-17H,1,4-6H2,2-3H3;3,8-12,14-17H,1,4-6H2,2H3. The number of β-lactam (4-membered cyclic amide) rings is 2. The van der Waals surface area contributed by atoms with E-state index in [1.165, 1.54) is 29.7 Å². The molecule has 0 aromatic heterocycles. The number of esters is 2. The van der Waals surface area contributed by atoms with Gasteiger partial charge >= 0.3 is 11.9 Å². The molecule has 10 fully saturated rings. The topological polar surface area (TPSA) is 127 Å². The molecule has 0 aromatic carbocycles. The van der Waals surface area contributed by atoms with Crippen molar-refractivity contribution in [3.8, 4) is 0 Å². The Labute approximate surface area is 274 Å². The van der Waals surface area contributed by atoms with Crippen molar-refractivity contribution in [1.82, 2.24) is 9.80 Å². The molecule has 10 aliphatic rings. The van der Waals surface area contributed by atoms with Crippen LogP contribution in [0.3, 0.4) is 0 Å². The number of likely N-dealkylation sites (tertiary alicyclic amines) is 2. The fourth-order valence-corrected chi connectivity index (χ4v) is 14.4. The Hall–Kier alpha value is -3.30. The fraction of sp³-hybridized carbons (Fsp3) is 0.730. The number of rotatable bonds is 4. The molecule has 18 unspecified atom stereocenters. The molecule has 10 heteroatoms. The maximum Gasteiger partial charge on any atom is 0.302 e. The molecule has 0 radical (unpaired) electrons. The lowest BCUT2D eigenvalue weighted by Crippen LogP contribution is -2.68. The predicted octanol–water partition coefficient (Wildman–Crippen LogP) is 3.15. The van der Waals surface area contributed by atoms with E-state index in [2.05, 4.69) is 13.2 Å². The summed E-state index contributed by atoms with van der Waals surface area (Å²) >= 11 is 0. The lowest BCUT2D eigenvalue weighted by molar-refractivity contribution is -0.177. The lowest BCUT2D eigenvalue weighted by atomic mass is 9.61. The van der Waals surface area contributed by atoms with Crippen molar-refractivity contribution in [1.29, 1.82) is 0 Å². The molecule has 0 N–H and O–H groups in total. The van der Waals surface area contributed by atoms with Gasteiger partial charge in [0, 0.05) is 19.4 Å². The predicted molar refractivity (Wildman–Crippen MR) is 164 cm³/mol. The van der Waals surface area contributed by atoms with Gasteiger partial charge in [0.05, 0.1) is 23.9 Å². The van der Waals surface area contributed by atoms with Crippen molar-refractivity contribution in [3.05, 3.63) is 24.8 Å². The molecule has 2 saturated heterocycles. The van der Waals surface area contributed by atoms with E-state index in [4.69, 9.17) is 9.47 Å². The highest BCUT2D eigenvalue weighted by molar-refractivity contribution is 6.09. The highest BCUT2D eigenvalue weighted by atomic mass is 16.5. The first-order valence-electron chi connectivity index (χ1n) is 17.8. The number of amides is 4. The molecule has 250 valence electrons. The molecule has 4 amide bonds. The van der Waals surface area contributed by atoms with Gasteiger partial charge in [-0.2, -0.15) is 0 Å². The highest BCUT2D eigenvalue weighted by Crippen LogP contribution is 2.73. The number of hydrogen-bond donors (Lipinski definition) is 0. The van der Waals surface area contributed by atoms with Crippen LogP contribution in [0.5, 0.6) is 0 Å².